The molecule has 20 heavy (non-hydrogen) atoms. The minimum Gasteiger partial charge on any atom is -0.342 e. The highest BCUT2D eigenvalue weighted by Gasteiger charge is 2.16. The maximum atomic E-state index is 12.2. The maximum Gasteiger partial charge on any atom is 0.236 e. The van der Waals surface area contributed by atoms with E-state index in [9.17, 15) is 4.79 Å². The molecule has 1 aliphatic rings. The van der Waals surface area contributed by atoms with Gasteiger partial charge >= 0.3 is 0 Å². The predicted octanol–water partition coefficient (Wildman–Crippen LogP) is 3.39. The van der Waals surface area contributed by atoms with Crippen LogP contribution in [0.1, 0.15) is 44.2 Å². The fraction of sp³-hybridized carbons (Fsp3) is 0.562. The third kappa shape index (κ3) is 4.50. The van der Waals surface area contributed by atoms with E-state index in [1.54, 1.807) is 0 Å². The number of carbonyl (C=O) groups excluding carboxylic acids is 1. The van der Waals surface area contributed by atoms with Crippen LogP contribution in [0.5, 0.6) is 0 Å². The number of nitrogens with zero attached hydrogens (tertiary/aromatic N) is 1. The monoisotopic (exact) mass is 294 g/mol. The van der Waals surface area contributed by atoms with E-state index >= 15 is 0 Å². The first-order valence-electron chi connectivity index (χ1n) is 7.43. The van der Waals surface area contributed by atoms with Gasteiger partial charge in [0.15, 0.2) is 0 Å². The molecule has 1 N–H and O–H groups in total. The fourth-order valence-corrected chi connectivity index (χ4v) is 2.76. The molecule has 1 aliphatic heterocycles. The van der Waals surface area contributed by atoms with Gasteiger partial charge in [-0.15, -0.1) is 0 Å². The van der Waals surface area contributed by atoms with Gasteiger partial charge in [0.2, 0.25) is 5.91 Å². The topological polar surface area (TPSA) is 32.3 Å². The van der Waals surface area contributed by atoms with Crippen molar-refractivity contribution in [1.82, 2.24) is 10.2 Å². The quantitative estimate of drug-likeness (QED) is 0.923. The molecule has 0 bridgehead atoms. The van der Waals surface area contributed by atoms with Crippen LogP contribution in [0.2, 0.25) is 5.02 Å². The average Bonchev–Trinajstić information content (AvgIpc) is 2.73. The first-order valence-corrected chi connectivity index (χ1v) is 7.81. The Morgan fingerprint density at radius 1 is 1.30 bits per heavy atom. The highest BCUT2D eigenvalue weighted by molar-refractivity contribution is 6.30. The Hall–Kier alpha value is -1.06. The Bertz CT molecular complexity index is 442. The standard InChI is InChI=1S/C16H23ClN2O/c1-13(14-7-6-8-15(17)11-14)18-12-16(20)19-9-4-2-3-5-10-19/h6-8,11,13,18H,2-5,9-10,12H2,1H3/t13-/m0/s1. The van der Waals surface area contributed by atoms with E-state index in [0.29, 0.717) is 6.54 Å². The SMILES string of the molecule is C[C@H](NCC(=O)N1CCCCCC1)c1cccc(Cl)c1. The number of amides is 1. The smallest absolute Gasteiger partial charge is 0.236 e. The molecule has 1 heterocycles. The minimum absolute atomic E-state index is 0.129. The summed E-state index contributed by atoms with van der Waals surface area (Å²) in [5.41, 5.74) is 1.11. The second-order valence-corrected chi connectivity index (χ2v) is 5.89. The van der Waals surface area contributed by atoms with Crippen molar-refractivity contribution in [2.24, 2.45) is 0 Å². The second kappa shape index (κ2) is 7.65. The molecule has 0 spiro atoms. The third-order valence-electron chi connectivity index (χ3n) is 3.87. The van der Waals surface area contributed by atoms with Crippen molar-refractivity contribution in [3.05, 3.63) is 34.9 Å². The summed E-state index contributed by atoms with van der Waals surface area (Å²) in [4.78, 5) is 14.2. The van der Waals surface area contributed by atoms with E-state index in [4.69, 9.17) is 11.6 Å². The first kappa shape index (κ1) is 15.3. The summed E-state index contributed by atoms with van der Waals surface area (Å²) in [6.07, 6.45) is 4.76. The highest BCUT2D eigenvalue weighted by Crippen LogP contribution is 2.17. The number of nitrogens with one attached hydrogen (secondary N) is 1. The summed E-state index contributed by atoms with van der Waals surface area (Å²) < 4.78 is 0. The molecule has 0 aromatic heterocycles. The summed E-state index contributed by atoms with van der Waals surface area (Å²) in [6.45, 7) is 4.27. The van der Waals surface area contributed by atoms with Crippen LogP contribution in [0, 0.1) is 0 Å². The molecule has 4 heteroatoms. The molecule has 1 saturated heterocycles. The number of hydrogen-bond acceptors (Lipinski definition) is 2. The van der Waals surface area contributed by atoms with E-state index in [1.807, 2.05) is 29.2 Å². The number of rotatable bonds is 4. The molecule has 1 aromatic carbocycles. The largest absolute Gasteiger partial charge is 0.342 e. The van der Waals surface area contributed by atoms with Crippen molar-refractivity contribution in [1.29, 1.82) is 0 Å². The van der Waals surface area contributed by atoms with Crippen LogP contribution in [-0.2, 0) is 4.79 Å². The van der Waals surface area contributed by atoms with Crippen molar-refractivity contribution in [3.8, 4) is 0 Å². The minimum atomic E-state index is 0.129. The molecule has 3 nitrogen and oxygen atoms in total. The zero-order chi connectivity index (χ0) is 14.4. The van der Waals surface area contributed by atoms with Crippen molar-refractivity contribution in [3.63, 3.8) is 0 Å². The molecule has 0 saturated carbocycles. The van der Waals surface area contributed by atoms with Gasteiger partial charge in [-0.1, -0.05) is 36.6 Å². The van der Waals surface area contributed by atoms with Crippen molar-refractivity contribution in [2.75, 3.05) is 19.6 Å². The first-order chi connectivity index (χ1) is 9.66. The van der Waals surface area contributed by atoms with Crippen molar-refractivity contribution in [2.45, 2.75) is 38.6 Å². The van der Waals surface area contributed by atoms with Gasteiger partial charge in [-0.05, 0) is 37.5 Å². The van der Waals surface area contributed by atoms with Crippen LogP contribution < -0.4 is 5.32 Å². The lowest BCUT2D eigenvalue weighted by Crippen LogP contribution is -2.39. The number of benzene rings is 1. The fourth-order valence-electron chi connectivity index (χ4n) is 2.57. The van der Waals surface area contributed by atoms with Crippen LogP contribution >= 0.6 is 11.6 Å². The molecular weight excluding hydrogens is 272 g/mol. The van der Waals surface area contributed by atoms with Gasteiger partial charge in [-0.2, -0.15) is 0 Å². The van der Waals surface area contributed by atoms with Gasteiger partial charge in [-0.25, -0.2) is 0 Å². The molecule has 0 aliphatic carbocycles. The maximum absolute atomic E-state index is 12.2. The second-order valence-electron chi connectivity index (χ2n) is 5.45. The number of carbonyl (C=O) groups is 1. The van der Waals surface area contributed by atoms with Gasteiger partial charge in [0, 0.05) is 24.2 Å². The average molecular weight is 295 g/mol. The molecule has 1 aromatic rings. The summed E-state index contributed by atoms with van der Waals surface area (Å²) in [6, 6.07) is 7.90. The van der Waals surface area contributed by atoms with Crippen LogP contribution in [0.15, 0.2) is 24.3 Å². The summed E-state index contributed by atoms with van der Waals surface area (Å²) in [5, 5.41) is 4.03. The van der Waals surface area contributed by atoms with Gasteiger partial charge in [0.05, 0.1) is 6.54 Å². The van der Waals surface area contributed by atoms with Gasteiger partial charge in [0.1, 0.15) is 0 Å². The summed E-state index contributed by atoms with van der Waals surface area (Å²) in [5.74, 6) is 0.209. The molecule has 1 atom stereocenters. The lowest BCUT2D eigenvalue weighted by Gasteiger charge is -2.22. The predicted molar refractivity (Wildman–Crippen MR) is 82.9 cm³/mol. The summed E-state index contributed by atoms with van der Waals surface area (Å²) in [7, 11) is 0. The van der Waals surface area contributed by atoms with E-state index in [2.05, 4.69) is 12.2 Å². The Kier molecular flexibility index (Phi) is 5.86. The molecule has 1 amide bonds. The van der Waals surface area contributed by atoms with E-state index < -0.39 is 0 Å². The van der Waals surface area contributed by atoms with E-state index in [0.717, 1.165) is 36.5 Å². The highest BCUT2D eigenvalue weighted by atomic mass is 35.5. The lowest BCUT2D eigenvalue weighted by molar-refractivity contribution is -0.130. The zero-order valence-corrected chi connectivity index (χ0v) is 12.8. The Balaban J connectivity index is 1.83. The number of hydrogen-bond donors (Lipinski definition) is 1. The molecule has 1 fully saturated rings. The Morgan fingerprint density at radius 2 is 2.00 bits per heavy atom. The van der Waals surface area contributed by atoms with Gasteiger partial charge in [0.25, 0.3) is 0 Å². The zero-order valence-electron chi connectivity index (χ0n) is 12.1. The lowest BCUT2D eigenvalue weighted by atomic mass is 10.1. The molecule has 0 unspecified atom stereocenters. The number of halogens is 1. The van der Waals surface area contributed by atoms with Crippen LogP contribution in [-0.4, -0.2) is 30.4 Å². The Morgan fingerprint density at radius 3 is 2.65 bits per heavy atom. The van der Waals surface area contributed by atoms with Gasteiger partial charge in [-0.3, -0.25) is 4.79 Å². The van der Waals surface area contributed by atoms with Crippen LogP contribution in [0.4, 0.5) is 0 Å². The Labute approximate surface area is 126 Å². The van der Waals surface area contributed by atoms with E-state index in [1.165, 1.54) is 12.8 Å². The van der Waals surface area contributed by atoms with E-state index in [-0.39, 0.29) is 11.9 Å². The summed E-state index contributed by atoms with van der Waals surface area (Å²) >= 11 is 5.99. The van der Waals surface area contributed by atoms with Gasteiger partial charge < -0.3 is 10.2 Å². The molecule has 2 rings (SSSR count). The molecular formula is C16H23ClN2O. The normalized spacial score (nSPS) is 17.6. The van der Waals surface area contributed by atoms with Crippen molar-refractivity contribution >= 4 is 17.5 Å². The van der Waals surface area contributed by atoms with Crippen LogP contribution in [0.25, 0.3) is 0 Å². The third-order valence-corrected chi connectivity index (χ3v) is 4.10. The molecule has 0 radical (unpaired) electrons. The van der Waals surface area contributed by atoms with Crippen molar-refractivity contribution < 1.29 is 4.79 Å². The van der Waals surface area contributed by atoms with Crippen LogP contribution in [0.3, 0.4) is 0 Å². The molecule has 110 valence electrons. The number of likely N-dealkylation sites (tertiary alicyclic amines) is 1.